The van der Waals surface area contributed by atoms with Crippen molar-refractivity contribution in [1.29, 1.82) is 0 Å². The smallest absolute Gasteiger partial charge is 0.336 e. The summed E-state index contributed by atoms with van der Waals surface area (Å²) in [4.78, 5) is 17.3. The van der Waals surface area contributed by atoms with Gasteiger partial charge in [0.15, 0.2) is 0 Å². The molecule has 1 saturated carbocycles. The van der Waals surface area contributed by atoms with Crippen LogP contribution in [0.4, 0.5) is 5.95 Å². The minimum Gasteiger partial charge on any atom is -0.466 e. The van der Waals surface area contributed by atoms with Crippen LogP contribution >= 0.6 is 11.3 Å². The van der Waals surface area contributed by atoms with Gasteiger partial charge >= 0.3 is 6.01 Å². The van der Waals surface area contributed by atoms with E-state index in [0.29, 0.717) is 11.9 Å². The average molecular weight is 278 g/mol. The maximum absolute atomic E-state index is 12.1. The lowest BCUT2D eigenvalue weighted by Gasteiger charge is -2.00. The first kappa shape index (κ1) is 12.2. The molecule has 1 amide bonds. The van der Waals surface area contributed by atoms with E-state index in [1.807, 2.05) is 0 Å². The van der Waals surface area contributed by atoms with Crippen LogP contribution < -0.4 is 10.1 Å². The van der Waals surface area contributed by atoms with Crippen molar-refractivity contribution in [2.75, 3.05) is 12.4 Å². The number of methoxy groups -OCH3 is 1. The monoisotopic (exact) mass is 278 g/mol. The second-order valence-electron chi connectivity index (χ2n) is 4.58. The molecule has 0 aromatic carbocycles. The number of nitrogens with zero attached hydrogens (tertiary/aromatic N) is 2. The molecule has 3 rings (SSSR count). The van der Waals surface area contributed by atoms with Crippen molar-refractivity contribution in [3.63, 3.8) is 0 Å². The van der Waals surface area contributed by atoms with Gasteiger partial charge in [-0.05, 0) is 30.4 Å². The molecule has 1 fully saturated rings. The quantitative estimate of drug-likeness (QED) is 0.895. The molecule has 2 heterocycles. The van der Waals surface area contributed by atoms with Gasteiger partial charge in [0.1, 0.15) is 0 Å². The number of rotatable bonds is 4. The topological polar surface area (TPSA) is 79.9 Å². The normalized spacial score (nSPS) is 21.2. The summed E-state index contributed by atoms with van der Waals surface area (Å²) in [5.74, 6) is 0.699. The van der Waals surface area contributed by atoms with E-state index in [0.717, 1.165) is 6.42 Å². The Morgan fingerprint density at radius 1 is 1.63 bits per heavy atom. The Kier molecular flexibility index (Phi) is 2.98. The van der Waals surface area contributed by atoms with Crippen LogP contribution in [0.15, 0.2) is 11.4 Å². The third kappa shape index (κ3) is 2.33. The van der Waals surface area contributed by atoms with Crippen LogP contribution in [-0.2, 0) is 4.79 Å². The summed E-state index contributed by atoms with van der Waals surface area (Å²) < 4.78 is 4.85. The Balaban J connectivity index is 1.62. The molecule has 0 bridgehead atoms. The number of aryl methyl sites for hydroxylation is 1. The third-order valence-electron chi connectivity index (χ3n) is 3.25. The van der Waals surface area contributed by atoms with E-state index in [4.69, 9.17) is 4.74 Å². The highest BCUT2D eigenvalue weighted by molar-refractivity contribution is 7.10. The van der Waals surface area contributed by atoms with Gasteiger partial charge in [0.25, 0.3) is 0 Å². The highest BCUT2D eigenvalue weighted by atomic mass is 32.1. The second-order valence-corrected chi connectivity index (χ2v) is 5.52. The Bertz CT molecular complexity index is 606. The maximum atomic E-state index is 12.1. The van der Waals surface area contributed by atoms with E-state index in [9.17, 15) is 4.79 Å². The number of amides is 1. The first-order valence-corrected chi connectivity index (χ1v) is 6.88. The molecule has 2 atom stereocenters. The summed E-state index contributed by atoms with van der Waals surface area (Å²) in [6, 6.07) is 2.31. The summed E-state index contributed by atoms with van der Waals surface area (Å²) in [6.45, 7) is 2.08. The van der Waals surface area contributed by atoms with Gasteiger partial charge in [-0.1, -0.05) is 0 Å². The number of hydrogen-bond acceptors (Lipinski definition) is 5. The molecule has 1 aliphatic carbocycles. The molecule has 0 spiro atoms. The maximum Gasteiger partial charge on any atom is 0.336 e. The van der Waals surface area contributed by atoms with E-state index < -0.39 is 0 Å². The van der Waals surface area contributed by atoms with Crippen molar-refractivity contribution < 1.29 is 9.53 Å². The second kappa shape index (κ2) is 4.65. The van der Waals surface area contributed by atoms with E-state index in [2.05, 4.69) is 38.9 Å². The molecule has 0 aliphatic heterocycles. The van der Waals surface area contributed by atoms with Gasteiger partial charge in [0.2, 0.25) is 11.9 Å². The number of thiophene rings is 1. The van der Waals surface area contributed by atoms with Gasteiger partial charge in [0.05, 0.1) is 7.11 Å². The average Bonchev–Trinajstić information content (AvgIpc) is 2.86. The standard InChI is InChI=1S/C12H14N4O2S/c1-6-3-4-19-9(6)7-5-8(7)10(17)13-11-14-12(18-2)16-15-11/h3-4,7-8H,5H2,1-2H3,(H2,13,14,15,16,17)/t7-,8-/m0/s1. The molecule has 7 heteroatoms. The molecule has 2 aromatic heterocycles. The zero-order valence-corrected chi connectivity index (χ0v) is 11.5. The molecule has 1 aliphatic rings. The fourth-order valence-corrected chi connectivity index (χ4v) is 3.25. The molecular formula is C12H14N4O2S. The van der Waals surface area contributed by atoms with E-state index in [1.54, 1.807) is 11.3 Å². The van der Waals surface area contributed by atoms with E-state index >= 15 is 0 Å². The number of anilines is 1. The molecule has 6 nitrogen and oxygen atoms in total. The first-order valence-electron chi connectivity index (χ1n) is 6.00. The van der Waals surface area contributed by atoms with Crippen LogP contribution in [-0.4, -0.2) is 28.2 Å². The van der Waals surface area contributed by atoms with Crippen molar-refractivity contribution in [2.24, 2.45) is 5.92 Å². The molecule has 2 aromatic rings. The largest absolute Gasteiger partial charge is 0.466 e. The van der Waals surface area contributed by atoms with Gasteiger partial charge < -0.3 is 4.74 Å². The highest BCUT2D eigenvalue weighted by Gasteiger charge is 2.45. The zero-order valence-electron chi connectivity index (χ0n) is 10.6. The minimum atomic E-state index is -0.0170. The van der Waals surface area contributed by atoms with E-state index in [1.165, 1.54) is 17.6 Å². The van der Waals surface area contributed by atoms with Crippen molar-refractivity contribution in [3.05, 3.63) is 21.9 Å². The van der Waals surface area contributed by atoms with Crippen molar-refractivity contribution in [3.8, 4) is 6.01 Å². The van der Waals surface area contributed by atoms with Crippen LogP contribution in [0, 0.1) is 12.8 Å². The summed E-state index contributed by atoms with van der Waals surface area (Å²) in [5, 5.41) is 11.2. The Labute approximate surface area is 114 Å². The lowest BCUT2D eigenvalue weighted by molar-refractivity contribution is -0.117. The van der Waals surface area contributed by atoms with Crippen molar-refractivity contribution >= 4 is 23.2 Å². The van der Waals surface area contributed by atoms with Gasteiger partial charge in [-0.3, -0.25) is 10.1 Å². The molecule has 0 saturated heterocycles. The fourth-order valence-electron chi connectivity index (χ4n) is 2.14. The number of aromatic amines is 1. The van der Waals surface area contributed by atoms with Gasteiger partial charge in [-0.25, -0.2) is 5.10 Å². The summed E-state index contributed by atoms with van der Waals surface area (Å²) in [5.41, 5.74) is 1.27. The number of aromatic nitrogens is 3. The zero-order chi connectivity index (χ0) is 13.4. The molecular weight excluding hydrogens is 264 g/mol. The third-order valence-corrected chi connectivity index (χ3v) is 4.41. The molecule has 2 N–H and O–H groups in total. The molecule has 19 heavy (non-hydrogen) atoms. The van der Waals surface area contributed by atoms with Gasteiger partial charge in [0, 0.05) is 16.7 Å². The lowest BCUT2D eigenvalue weighted by atomic mass is 10.2. The van der Waals surface area contributed by atoms with Gasteiger partial charge in [-0.2, -0.15) is 4.98 Å². The van der Waals surface area contributed by atoms with Crippen LogP contribution in [0.2, 0.25) is 0 Å². The predicted molar refractivity (Wildman–Crippen MR) is 71.5 cm³/mol. The number of H-pyrrole nitrogens is 1. The van der Waals surface area contributed by atoms with Crippen LogP contribution in [0.3, 0.4) is 0 Å². The number of carbonyl (C=O) groups excluding carboxylic acids is 1. The van der Waals surface area contributed by atoms with Gasteiger partial charge in [-0.15, -0.1) is 16.4 Å². The number of nitrogens with one attached hydrogen (secondary N) is 2. The minimum absolute atomic E-state index is 0.0170. The number of carbonyl (C=O) groups is 1. The Hall–Kier alpha value is -1.89. The van der Waals surface area contributed by atoms with Crippen molar-refractivity contribution in [1.82, 2.24) is 15.2 Å². The molecule has 0 unspecified atom stereocenters. The fraction of sp³-hybridized carbons (Fsp3) is 0.417. The van der Waals surface area contributed by atoms with Crippen LogP contribution in [0.25, 0.3) is 0 Å². The Morgan fingerprint density at radius 3 is 3.11 bits per heavy atom. The first-order chi connectivity index (χ1) is 9.19. The predicted octanol–water partition coefficient (Wildman–Crippen LogP) is 1.93. The van der Waals surface area contributed by atoms with Crippen molar-refractivity contribution in [2.45, 2.75) is 19.3 Å². The van der Waals surface area contributed by atoms with Crippen LogP contribution in [0.5, 0.6) is 6.01 Å². The summed E-state index contributed by atoms with van der Waals surface area (Å²) in [7, 11) is 1.48. The Morgan fingerprint density at radius 2 is 2.47 bits per heavy atom. The highest BCUT2D eigenvalue weighted by Crippen LogP contribution is 2.50. The molecule has 0 radical (unpaired) electrons. The van der Waals surface area contributed by atoms with Crippen LogP contribution in [0.1, 0.15) is 22.8 Å². The SMILES string of the molecule is COc1n[nH]c(NC(=O)[C@H]2C[C@@H]2c2sccc2C)n1. The summed E-state index contributed by atoms with van der Waals surface area (Å²) >= 11 is 1.72. The molecule has 100 valence electrons. The van der Waals surface area contributed by atoms with E-state index in [-0.39, 0.29) is 17.8 Å². The summed E-state index contributed by atoms with van der Waals surface area (Å²) in [6.07, 6.45) is 0.901. The number of ether oxygens (including phenoxy) is 1. The number of hydrogen-bond donors (Lipinski definition) is 2. The lowest BCUT2D eigenvalue weighted by Crippen LogP contribution is -2.15.